The van der Waals surface area contributed by atoms with Gasteiger partial charge >= 0.3 is 11.9 Å². The molecule has 0 N–H and O–H groups in total. The highest BCUT2D eigenvalue weighted by Gasteiger charge is 2.25. The van der Waals surface area contributed by atoms with Crippen LogP contribution in [-0.2, 0) is 28.6 Å². The Morgan fingerprint density at radius 3 is 1.47 bits per heavy atom. The number of hydrogen-bond acceptors (Lipinski definition) is 7. The van der Waals surface area contributed by atoms with E-state index in [9.17, 15) is 19.5 Å². The molecule has 0 aliphatic heterocycles. The van der Waals surface area contributed by atoms with Gasteiger partial charge in [-0.15, -0.1) is 0 Å². The summed E-state index contributed by atoms with van der Waals surface area (Å²) in [6.07, 6.45) is 52.5. The van der Waals surface area contributed by atoms with Crippen molar-refractivity contribution in [1.29, 1.82) is 0 Å². The molecule has 0 radical (unpaired) electrons. The van der Waals surface area contributed by atoms with Crippen LogP contribution < -0.4 is 5.11 Å². The largest absolute Gasteiger partial charge is 0.544 e. The highest BCUT2D eigenvalue weighted by atomic mass is 16.6. The molecule has 2 atom stereocenters. The van der Waals surface area contributed by atoms with Crippen LogP contribution in [0.25, 0.3) is 0 Å². The predicted octanol–water partition coefficient (Wildman–Crippen LogP) is 10.4. The zero-order chi connectivity index (χ0) is 42.1. The Hall–Kier alpha value is -4.01. The van der Waals surface area contributed by atoms with Crippen LogP contribution >= 0.6 is 0 Å². The monoisotopic (exact) mass is 792 g/mol. The van der Waals surface area contributed by atoms with Crippen molar-refractivity contribution in [2.45, 2.75) is 142 Å². The normalized spacial score (nSPS) is 14.1. The van der Waals surface area contributed by atoms with E-state index in [0.717, 1.165) is 70.6 Å². The summed E-state index contributed by atoms with van der Waals surface area (Å²) in [4.78, 5) is 36.8. The van der Waals surface area contributed by atoms with Crippen LogP contribution in [0.4, 0.5) is 0 Å². The predicted molar refractivity (Wildman–Crippen MR) is 235 cm³/mol. The molecule has 2 unspecified atom stereocenters. The van der Waals surface area contributed by atoms with Crippen molar-refractivity contribution in [3.8, 4) is 0 Å². The summed E-state index contributed by atoms with van der Waals surface area (Å²) < 4.78 is 17.1. The number of rotatable bonds is 36. The minimum atomic E-state index is -1.14. The summed E-state index contributed by atoms with van der Waals surface area (Å²) in [5.41, 5.74) is 0. The lowest BCUT2D eigenvalue weighted by molar-refractivity contribution is -0.889. The van der Waals surface area contributed by atoms with Gasteiger partial charge in [0.1, 0.15) is 12.6 Å². The van der Waals surface area contributed by atoms with Crippen LogP contribution in [0.3, 0.4) is 0 Å². The van der Waals surface area contributed by atoms with E-state index in [-0.39, 0.29) is 49.1 Å². The van der Waals surface area contributed by atoms with Crippen molar-refractivity contribution < 1.29 is 38.2 Å². The fourth-order valence-corrected chi connectivity index (χ4v) is 5.51. The van der Waals surface area contributed by atoms with E-state index in [4.69, 9.17) is 14.2 Å². The maximum atomic E-state index is 12.7. The van der Waals surface area contributed by atoms with Gasteiger partial charge in [-0.25, -0.2) is 0 Å². The molecule has 0 aliphatic rings. The Labute approximate surface area is 347 Å². The summed E-state index contributed by atoms with van der Waals surface area (Å²) in [5, 5.41) is 11.6. The second kappa shape index (κ2) is 38.8. The van der Waals surface area contributed by atoms with Gasteiger partial charge in [0.2, 0.25) is 0 Å². The van der Waals surface area contributed by atoms with Crippen LogP contribution in [-0.4, -0.2) is 75.5 Å². The first-order valence-corrected chi connectivity index (χ1v) is 21.5. The van der Waals surface area contributed by atoms with Crippen molar-refractivity contribution in [2.75, 3.05) is 41.0 Å². The lowest BCUT2D eigenvalue weighted by Crippen LogP contribution is -2.55. The molecule has 0 aromatic carbocycles. The number of aliphatic carboxylic acids is 1. The molecule has 0 aliphatic carbocycles. The molecule has 320 valence electrons. The Morgan fingerprint density at radius 1 is 0.544 bits per heavy atom. The van der Waals surface area contributed by atoms with Gasteiger partial charge in [0.05, 0.1) is 40.3 Å². The first-order valence-electron chi connectivity index (χ1n) is 21.5. The Morgan fingerprint density at radius 2 is 0.982 bits per heavy atom. The standard InChI is InChI=1S/C49H77NO7/c1-6-8-10-12-14-16-18-20-22-23-24-26-27-29-31-33-35-37-39-47(51)56-44-45(43-55-42-41-46(49(53)54)50(3,4)5)57-48(52)40-38-36-34-32-30-28-25-21-19-17-15-13-11-9-7-2/h9,11,13-26,28,30,45-46H,6-8,10,12,27,29,31-44H2,1-5H3/b11-9+,15-13+,16-14+,19-17+,20-18+,23-22+,25-21+,26-24+,30-28+. The number of quaternary nitrogens is 1. The van der Waals surface area contributed by atoms with Gasteiger partial charge in [-0.1, -0.05) is 162 Å². The third-order valence-corrected chi connectivity index (χ3v) is 8.87. The molecule has 0 aromatic heterocycles. The molecule has 0 heterocycles. The summed E-state index contributed by atoms with van der Waals surface area (Å²) >= 11 is 0. The van der Waals surface area contributed by atoms with Crippen molar-refractivity contribution in [3.05, 3.63) is 109 Å². The van der Waals surface area contributed by atoms with E-state index in [0.29, 0.717) is 12.8 Å². The van der Waals surface area contributed by atoms with Gasteiger partial charge < -0.3 is 28.6 Å². The number of carbonyl (C=O) groups excluding carboxylic acids is 3. The fraction of sp³-hybridized carbons (Fsp3) is 0.571. The van der Waals surface area contributed by atoms with Gasteiger partial charge in [0, 0.05) is 19.3 Å². The molecule has 8 nitrogen and oxygen atoms in total. The SMILES string of the molecule is CC/C=C/C=C/C=C/C=C/C=C/CCCCCC(=O)OC(COCCC(C(=O)[O-])[N+](C)(C)C)COC(=O)CCCCCCC/C=C/C=C/C=C/C=C/CCCCC. The number of unbranched alkanes of at least 4 members (excludes halogenated alkanes) is 11. The number of allylic oxidation sites excluding steroid dienone is 18. The molecule has 0 saturated carbocycles. The first kappa shape index (κ1) is 53.0. The van der Waals surface area contributed by atoms with Crippen LogP contribution in [0.15, 0.2) is 109 Å². The molecular weight excluding hydrogens is 715 g/mol. The van der Waals surface area contributed by atoms with E-state index >= 15 is 0 Å². The smallest absolute Gasteiger partial charge is 0.306 e. The summed E-state index contributed by atoms with van der Waals surface area (Å²) in [5.74, 6) is -1.84. The number of nitrogens with zero attached hydrogens (tertiary/aromatic N) is 1. The van der Waals surface area contributed by atoms with Crippen molar-refractivity contribution >= 4 is 17.9 Å². The molecule has 0 aromatic rings. The minimum absolute atomic E-state index is 0.00704. The summed E-state index contributed by atoms with van der Waals surface area (Å²) in [6, 6.07) is -0.745. The van der Waals surface area contributed by atoms with E-state index in [2.05, 4.69) is 62.5 Å². The molecule has 0 bridgehead atoms. The van der Waals surface area contributed by atoms with E-state index in [1.54, 1.807) is 21.1 Å². The summed E-state index contributed by atoms with van der Waals surface area (Å²) in [6.45, 7) is 4.37. The second-order valence-electron chi connectivity index (χ2n) is 15.1. The quantitative estimate of drug-likeness (QED) is 0.0269. The molecule has 0 spiro atoms. The average Bonchev–Trinajstić information content (AvgIpc) is 3.17. The number of carboxylic acids is 1. The van der Waals surface area contributed by atoms with Crippen LogP contribution in [0.2, 0.25) is 0 Å². The van der Waals surface area contributed by atoms with Crippen molar-refractivity contribution in [2.24, 2.45) is 0 Å². The lowest BCUT2D eigenvalue weighted by Gasteiger charge is -2.34. The highest BCUT2D eigenvalue weighted by Crippen LogP contribution is 2.12. The van der Waals surface area contributed by atoms with Crippen molar-refractivity contribution in [3.63, 3.8) is 0 Å². The second-order valence-corrected chi connectivity index (χ2v) is 15.1. The number of ether oxygens (including phenoxy) is 3. The Balaban J connectivity index is 4.52. The number of carboxylic acid groups (broad SMARTS) is 1. The molecule has 57 heavy (non-hydrogen) atoms. The number of likely N-dealkylation sites (N-methyl/N-ethyl adjacent to an activating group) is 1. The van der Waals surface area contributed by atoms with Gasteiger partial charge in [-0.3, -0.25) is 9.59 Å². The Bertz CT molecular complexity index is 1290. The first-order chi connectivity index (χ1) is 27.6. The molecule has 0 amide bonds. The number of hydrogen-bond donors (Lipinski definition) is 0. The van der Waals surface area contributed by atoms with Gasteiger partial charge in [-0.2, -0.15) is 0 Å². The van der Waals surface area contributed by atoms with Crippen LogP contribution in [0.5, 0.6) is 0 Å². The zero-order valence-corrected chi connectivity index (χ0v) is 36.2. The maximum Gasteiger partial charge on any atom is 0.306 e. The number of carbonyl (C=O) groups is 3. The summed E-state index contributed by atoms with van der Waals surface area (Å²) in [7, 11) is 5.36. The maximum absolute atomic E-state index is 12.7. The van der Waals surface area contributed by atoms with Crippen LogP contribution in [0.1, 0.15) is 129 Å². The number of esters is 2. The third-order valence-electron chi connectivity index (χ3n) is 8.87. The zero-order valence-electron chi connectivity index (χ0n) is 36.2. The van der Waals surface area contributed by atoms with E-state index < -0.39 is 18.1 Å². The molecule has 0 fully saturated rings. The molecule has 0 saturated heterocycles. The van der Waals surface area contributed by atoms with Crippen LogP contribution in [0, 0.1) is 0 Å². The third kappa shape index (κ3) is 37.3. The Kier molecular flexibility index (Phi) is 36.1. The lowest BCUT2D eigenvalue weighted by atomic mass is 10.1. The van der Waals surface area contributed by atoms with E-state index in [1.807, 2.05) is 60.8 Å². The molecule has 8 heteroatoms. The van der Waals surface area contributed by atoms with Crippen molar-refractivity contribution in [1.82, 2.24) is 0 Å². The molecular formula is C49H77NO7. The fourth-order valence-electron chi connectivity index (χ4n) is 5.51. The van der Waals surface area contributed by atoms with Gasteiger partial charge in [0.25, 0.3) is 0 Å². The minimum Gasteiger partial charge on any atom is -0.544 e. The average molecular weight is 792 g/mol. The van der Waals surface area contributed by atoms with Gasteiger partial charge in [0.15, 0.2) is 6.10 Å². The highest BCUT2D eigenvalue weighted by molar-refractivity contribution is 5.70. The molecule has 0 rings (SSSR count). The topological polar surface area (TPSA) is 102 Å². The van der Waals surface area contributed by atoms with E-state index in [1.165, 1.54) is 19.3 Å². The van der Waals surface area contributed by atoms with Gasteiger partial charge in [-0.05, 0) is 57.8 Å².